The molecule has 0 aromatic carbocycles. The van der Waals surface area contributed by atoms with Crippen LogP contribution >= 0.6 is 0 Å². The molecule has 1 heterocycles. The molecule has 1 aliphatic carbocycles. The largest absolute Gasteiger partial charge is 0.268 e. The highest BCUT2D eigenvalue weighted by Gasteiger charge is 2.10. The number of allylic oxidation sites excluding steroid dienone is 4. The maximum atomic E-state index is 10.8. The summed E-state index contributed by atoms with van der Waals surface area (Å²) in [5.74, 6) is 0. The Hall–Kier alpha value is -1.95. The number of aromatic nitrogens is 2. The summed E-state index contributed by atoms with van der Waals surface area (Å²) < 4.78 is 21.6. The molecular formula is C10H8N2O3S. The zero-order valence-corrected chi connectivity index (χ0v) is 8.99. The SMILES string of the molecule is O=c1ccc(C2=CC=CC(=S(=O)=O)C2)n[nH]1. The molecule has 1 aromatic rings. The second-order valence-corrected chi connectivity index (χ2v) is 4.23. The number of hydrogen-bond donors (Lipinski definition) is 1. The zero-order chi connectivity index (χ0) is 11.5. The van der Waals surface area contributed by atoms with Gasteiger partial charge in [0.05, 0.1) is 10.6 Å². The Balaban J connectivity index is 2.41. The highest BCUT2D eigenvalue weighted by atomic mass is 32.2. The van der Waals surface area contributed by atoms with E-state index in [1.54, 1.807) is 18.2 Å². The number of hydrogen-bond acceptors (Lipinski definition) is 4. The minimum atomic E-state index is -2.21. The monoisotopic (exact) mass is 236 g/mol. The summed E-state index contributed by atoms with van der Waals surface area (Å²) in [4.78, 5) is 11.1. The van der Waals surface area contributed by atoms with Crippen LogP contribution in [0.2, 0.25) is 0 Å². The van der Waals surface area contributed by atoms with Gasteiger partial charge in [0, 0.05) is 12.5 Å². The van der Waals surface area contributed by atoms with Gasteiger partial charge >= 0.3 is 0 Å². The van der Waals surface area contributed by atoms with Crippen LogP contribution in [0.1, 0.15) is 12.1 Å². The molecule has 0 spiro atoms. The highest BCUT2D eigenvalue weighted by Crippen LogP contribution is 2.18. The van der Waals surface area contributed by atoms with E-state index in [1.165, 1.54) is 12.1 Å². The normalized spacial score (nSPS) is 14.8. The van der Waals surface area contributed by atoms with E-state index in [4.69, 9.17) is 0 Å². The maximum absolute atomic E-state index is 10.8. The molecule has 1 aliphatic rings. The lowest BCUT2D eigenvalue weighted by atomic mass is 10.0. The Bertz CT molecular complexity index is 637. The third kappa shape index (κ3) is 2.17. The number of nitrogens with zero attached hydrogens (tertiary/aromatic N) is 1. The van der Waals surface area contributed by atoms with Crippen molar-refractivity contribution in [3.8, 4) is 0 Å². The smallest absolute Gasteiger partial charge is 0.264 e. The van der Waals surface area contributed by atoms with Gasteiger partial charge in [0.2, 0.25) is 10.3 Å². The van der Waals surface area contributed by atoms with E-state index in [9.17, 15) is 13.2 Å². The van der Waals surface area contributed by atoms with E-state index in [1.807, 2.05) is 0 Å². The zero-order valence-electron chi connectivity index (χ0n) is 8.17. The van der Waals surface area contributed by atoms with Crippen LogP contribution < -0.4 is 5.56 Å². The summed E-state index contributed by atoms with van der Waals surface area (Å²) in [6.07, 6.45) is 5.26. The third-order valence-corrected chi connectivity index (χ3v) is 2.87. The van der Waals surface area contributed by atoms with Gasteiger partial charge in [-0.15, -0.1) is 0 Å². The van der Waals surface area contributed by atoms with Gasteiger partial charge in [0.15, 0.2) is 0 Å². The molecule has 5 nitrogen and oxygen atoms in total. The summed E-state index contributed by atoms with van der Waals surface area (Å²) in [5.41, 5.74) is 1.05. The molecule has 0 aliphatic heterocycles. The molecule has 0 saturated heterocycles. The Morgan fingerprint density at radius 1 is 1.31 bits per heavy atom. The van der Waals surface area contributed by atoms with Crippen molar-refractivity contribution >= 4 is 20.7 Å². The van der Waals surface area contributed by atoms with Gasteiger partial charge < -0.3 is 0 Å². The molecule has 0 atom stereocenters. The predicted molar refractivity (Wildman–Crippen MR) is 60.5 cm³/mol. The molecule has 0 amide bonds. The second-order valence-electron chi connectivity index (χ2n) is 3.24. The van der Waals surface area contributed by atoms with E-state index < -0.39 is 10.3 Å². The lowest BCUT2D eigenvalue weighted by Crippen LogP contribution is -2.09. The number of rotatable bonds is 1. The molecule has 0 bridgehead atoms. The third-order valence-electron chi connectivity index (χ3n) is 2.17. The van der Waals surface area contributed by atoms with Crippen LogP contribution in [0, 0.1) is 0 Å². The van der Waals surface area contributed by atoms with Crippen molar-refractivity contribution in [1.29, 1.82) is 0 Å². The number of aromatic amines is 1. The van der Waals surface area contributed by atoms with E-state index in [0.717, 1.165) is 5.57 Å². The molecule has 1 aromatic heterocycles. The van der Waals surface area contributed by atoms with Crippen LogP contribution in [0.5, 0.6) is 0 Å². The number of nitrogens with one attached hydrogen (secondary N) is 1. The van der Waals surface area contributed by atoms with Crippen LogP contribution in [-0.4, -0.2) is 23.5 Å². The van der Waals surface area contributed by atoms with Crippen molar-refractivity contribution in [1.82, 2.24) is 10.2 Å². The van der Waals surface area contributed by atoms with Crippen LogP contribution in [0.25, 0.3) is 5.57 Å². The van der Waals surface area contributed by atoms with Crippen molar-refractivity contribution in [2.45, 2.75) is 6.42 Å². The Morgan fingerprint density at radius 3 is 2.75 bits per heavy atom. The number of H-pyrrole nitrogens is 1. The van der Waals surface area contributed by atoms with Crippen LogP contribution in [-0.2, 0) is 10.3 Å². The van der Waals surface area contributed by atoms with E-state index in [2.05, 4.69) is 10.2 Å². The van der Waals surface area contributed by atoms with Crippen molar-refractivity contribution in [3.05, 3.63) is 46.4 Å². The first-order valence-corrected chi connectivity index (χ1v) is 5.63. The summed E-state index contributed by atoms with van der Waals surface area (Å²) in [5, 5.41) is 6.15. The fourth-order valence-electron chi connectivity index (χ4n) is 1.39. The van der Waals surface area contributed by atoms with Gasteiger partial charge in [-0.3, -0.25) is 4.79 Å². The van der Waals surface area contributed by atoms with Crippen LogP contribution in [0.15, 0.2) is 35.2 Å². The molecule has 16 heavy (non-hydrogen) atoms. The average Bonchev–Trinajstić information content (AvgIpc) is 2.30. The Kier molecular flexibility index (Phi) is 2.82. The molecular weight excluding hydrogens is 228 g/mol. The van der Waals surface area contributed by atoms with Crippen molar-refractivity contribution < 1.29 is 8.42 Å². The van der Waals surface area contributed by atoms with Gasteiger partial charge in [0.1, 0.15) is 0 Å². The molecule has 0 unspecified atom stereocenters. The first kappa shape index (κ1) is 10.6. The van der Waals surface area contributed by atoms with Gasteiger partial charge in [-0.2, -0.15) is 13.5 Å². The summed E-state index contributed by atoms with van der Waals surface area (Å²) in [6, 6.07) is 2.92. The lowest BCUT2D eigenvalue weighted by molar-refractivity contribution is 0.627. The minimum Gasteiger partial charge on any atom is -0.268 e. The van der Waals surface area contributed by atoms with Gasteiger partial charge in [-0.1, -0.05) is 12.2 Å². The first-order chi connectivity index (χ1) is 7.66. The molecule has 1 N–H and O–H groups in total. The Labute approximate surface area is 92.7 Å². The predicted octanol–water partition coefficient (Wildman–Crippen LogP) is 0.165. The molecule has 82 valence electrons. The van der Waals surface area contributed by atoms with Crippen LogP contribution in [0.3, 0.4) is 0 Å². The van der Waals surface area contributed by atoms with Crippen molar-refractivity contribution in [2.75, 3.05) is 0 Å². The van der Waals surface area contributed by atoms with Crippen molar-refractivity contribution in [2.24, 2.45) is 0 Å². The molecule has 0 fully saturated rings. The fraction of sp³-hybridized carbons (Fsp3) is 0.100. The lowest BCUT2D eigenvalue weighted by Gasteiger charge is -2.07. The second kappa shape index (κ2) is 4.28. The van der Waals surface area contributed by atoms with Gasteiger partial charge in [-0.25, -0.2) is 5.10 Å². The fourth-order valence-corrected chi connectivity index (χ4v) is 1.85. The van der Waals surface area contributed by atoms with Crippen LogP contribution in [0.4, 0.5) is 0 Å². The quantitative estimate of drug-likeness (QED) is 0.704. The highest BCUT2D eigenvalue weighted by molar-refractivity contribution is 7.73. The molecule has 0 radical (unpaired) electrons. The summed E-state index contributed by atoms with van der Waals surface area (Å²) in [6.45, 7) is 0. The Morgan fingerprint density at radius 2 is 2.12 bits per heavy atom. The van der Waals surface area contributed by atoms with Crippen molar-refractivity contribution in [3.63, 3.8) is 0 Å². The van der Waals surface area contributed by atoms with E-state index in [-0.39, 0.29) is 5.56 Å². The maximum Gasteiger partial charge on any atom is 0.264 e. The van der Waals surface area contributed by atoms with Gasteiger partial charge in [0.25, 0.3) is 5.56 Å². The standard InChI is InChI=1S/C10H8N2O3S/c13-10-5-4-9(11-12-10)7-2-1-3-8(6-7)16(14)15/h1-5H,6H2,(H,12,13). The topological polar surface area (TPSA) is 79.9 Å². The minimum absolute atomic E-state index is 0.285. The van der Waals surface area contributed by atoms with E-state index in [0.29, 0.717) is 17.0 Å². The average molecular weight is 236 g/mol. The molecule has 2 rings (SSSR count). The molecule has 6 heteroatoms. The van der Waals surface area contributed by atoms with E-state index >= 15 is 0 Å². The van der Waals surface area contributed by atoms with Gasteiger partial charge in [-0.05, 0) is 17.7 Å². The molecule has 0 saturated carbocycles. The first-order valence-electron chi connectivity index (χ1n) is 4.55. The summed E-state index contributed by atoms with van der Waals surface area (Å²) >= 11 is 0. The summed E-state index contributed by atoms with van der Waals surface area (Å²) in [7, 11) is -2.21.